The first-order chi connectivity index (χ1) is 13.2. The van der Waals surface area contributed by atoms with Crippen molar-refractivity contribution in [2.45, 2.75) is 57.2 Å². The Balaban J connectivity index is 1.49. The molecular weight excluding hydrogens is 348 g/mol. The molecule has 2 atom stereocenters. The number of piperidine rings is 1. The van der Waals surface area contributed by atoms with Crippen molar-refractivity contribution in [3.05, 3.63) is 23.8 Å². The second-order valence-electron chi connectivity index (χ2n) is 7.46. The van der Waals surface area contributed by atoms with E-state index in [2.05, 4.69) is 0 Å². The smallest absolute Gasteiger partial charge is 0.245 e. The van der Waals surface area contributed by atoms with Crippen LogP contribution in [0.1, 0.15) is 44.1 Å². The summed E-state index contributed by atoms with van der Waals surface area (Å²) in [7, 11) is 0. The SMILES string of the molecule is O=C(C1CCC(=O)N1Cc1ccc2c(c1)OCO2)N1CCCCC1CCO. The van der Waals surface area contributed by atoms with Gasteiger partial charge in [0.25, 0.3) is 0 Å². The minimum Gasteiger partial charge on any atom is -0.454 e. The molecule has 0 radical (unpaired) electrons. The molecule has 2 fully saturated rings. The van der Waals surface area contributed by atoms with Gasteiger partial charge in [-0.3, -0.25) is 9.59 Å². The minimum atomic E-state index is -0.415. The predicted octanol–water partition coefficient (Wildman–Crippen LogP) is 1.67. The Morgan fingerprint density at radius 2 is 2.04 bits per heavy atom. The Bertz CT molecular complexity index is 720. The summed E-state index contributed by atoms with van der Waals surface area (Å²) in [5.74, 6) is 1.43. The van der Waals surface area contributed by atoms with Crippen molar-refractivity contribution in [2.75, 3.05) is 19.9 Å². The zero-order valence-electron chi connectivity index (χ0n) is 15.4. The van der Waals surface area contributed by atoms with E-state index in [4.69, 9.17) is 9.47 Å². The number of carbonyl (C=O) groups is 2. The number of carbonyl (C=O) groups excluding carboxylic acids is 2. The van der Waals surface area contributed by atoms with E-state index in [1.54, 1.807) is 4.90 Å². The van der Waals surface area contributed by atoms with Gasteiger partial charge in [-0.2, -0.15) is 0 Å². The first kappa shape index (κ1) is 18.1. The van der Waals surface area contributed by atoms with Crippen LogP contribution in [0.5, 0.6) is 11.5 Å². The molecule has 0 saturated carbocycles. The van der Waals surface area contributed by atoms with Gasteiger partial charge in [0.2, 0.25) is 18.6 Å². The molecule has 27 heavy (non-hydrogen) atoms. The molecule has 7 heteroatoms. The molecule has 3 aliphatic heterocycles. The van der Waals surface area contributed by atoms with Crippen LogP contribution >= 0.6 is 0 Å². The molecule has 1 aromatic rings. The van der Waals surface area contributed by atoms with Crippen molar-refractivity contribution in [1.82, 2.24) is 9.80 Å². The zero-order valence-corrected chi connectivity index (χ0v) is 15.4. The van der Waals surface area contributed by atoms with Crippen LogP contribution in [0.2, 0.25) is 0 Å². The molecule has 3 aliphatic rings. The summed E-state index contributed by atoms with van der Waals surface area (Å²) in [4.78, 5) is 29.3. The van der Waals surface area contributed by atoms with E-state index in [1.807, 2.05) is 23.1 Å². The molecule has 1 aromatic carbocycles. The monoisotopic (exact) mass is 374 g/mol. The summed E-state index contributed by atoms with van der Waals surface area (Å²) in [6.07, 6.45) is 4.56. The topological polar surface area (TPSA) is 79.3 Å². The van der Waals surface area contributed by atoms with Crippen LogP contribution in [0.25, 0.3) is 0 Å². The number of benzene rings is 1. The molecule has 2 unspecified atom stereocenters. The highest BCUT2D eigenvalue weighted by molar-refractivity contribution is 5.91. The molecule has 1 N–H and O–H groups in total. The Hall–Kier alpha value is -2.28. The molecule has 0 aromatic heterocycles. The van der Waals surface area contributed by atoms with E-state index in [0.29, 0.717) is 43.9 Å². The standard InChI is InChI=1S/C20H26N2O5/c23-10-8-15-3-1-2-9-21(15)20(25)16-5-7-19(24)22(16)12-14-4-6-17-18(11-14)27-13-26-17/h4,6,11,15-16,23H,1-3,5,7-10,12-13H2. The summed E-state index contributed by atoms with van der Waals surface area (Å²) in [6.45, 7) is 1.40. The van der Waals surface area contributed by atoms with Crippen molar-refractivity contribution in [2.24, 2.45) is 0 Å². The predicted molar refractivity (Wildman–Crippen MR) is 97.2 cm³/mol. The molecule has 2 amide bonds. The number of hydrogen-bond donors (Lipinski definition) is 1. The first-order valence-electron chi connectivity index (χ1n) is 9.76. The van der Waals surface area contributed by atoms with Crippen LogP contribution in [0.3, 0.4) is 0 Å². The van der Waals surface area contributed by atoms with Gasteiger partial charge in [-0.15, -0.1) is 0 Å². The van der Waals surface area contributed by atoms with E-state index in [1.165, 1.54) is 0 Å². The maximum atomic E-state index is 13.2. The Morgan fingerprint density at radius 1 is 1.19 bits per heavy atom. The van der Waals surface area contributed by atoms with Crippen molar-refractivity contribution < 1.29 is 24.2 Å². The van der Waals surface area contributed by atoms with E-state index >= 15 is 0 Å². The number of aliphatic hydroxyl groups is 1. The second kappa shape index (κ2) is 7.76. The summed E-state index contributed by atoms with van der Waals surface area (Å²) in [5, 5.41) is 9.32. The van der Waals surface area contributed by atoms with Gasteiger partial charge in [0.1, 0.15) is 6.04 Å². The average Bonchev–Trinajstić information content (AvgIpc) is 3.29. The lowest BCUT2D eigenvalue weighted by Gasteiger charge is -2.38. The minimum absolute atomic E-state index is 0.0155. The normalized spacial score (nSPS) is 24.6. The van der Waals surface area contributed by atoms with Gasteiger partial charge in [-0.1, -0.05) is 6.07 Å². The number of nitrogens with zero attached hydrogens (tertiary/aromatic N) is 2. The highest BCUT2D eigenvalue weighted by Crippen LogP contribution is 2.34. The number of amides is 2. The van der Waals surface area contributed by atoms with Crippen LogP contribution in [0.15, 0.2) is 18.2 Å². The van der Waals surface area contributed by atoms with Crippen molar-refractivity contribution >= 4 is 11.8 Å². The fourth-order valence-corrected chi connectivity index (χ4v) is 4.36. The van der Waals surface area contributed by atoms with Gasteiger partial charge in [-0.25, -0.2) is 0 Å². The summed E-state index contributed by atoms with van der Waals surface area (Å²) < 4.78 is 10.8. The Labute approximate surface area is 158 Å². The average molecular weight is 374 g/mol. The van der Waals surface area contributed by atoms with E-state index in [-0.39, 0.29) is 31.3 Å². The van der Waals surface area contributed by atoms with Gasteiger partial charge in [0, 0.05) is 32.2 Å². The van der Waals surface area contributed by atoms with Crippen LogP contribution in [0, 0.1) is 0 Å². The van der Waals surface area contributed by atoms with Crippen LogP contribution in [-0.2, 0) is 16.1 Å². The van der Waals surface area contributed by atoms with Crippen LogP contribution in [0.4, 0.5) is 0 Å². The van der Waals surface area contributed by atoms with Crippen LogP contribution < -0.4 is 9.47 Å². The van der Waals surface area contributed by atoms with Gasteiger partial charge in [-0.05, 0) is 49.8 Å². The molecule has 7 nitrogen and oxygen atoms in total. The maximum absolute atomic E-state index is 13.2. The van der Waals surface area contributed by atoms with Gasteiger partial charge in [0.15, 0.2) is 11.5 Å². The van der Waals surface area contributed by atoms with E-state index in [0.717, 1.165) is 24.8 Å². The quantitative estimate of drug-likeness (QED) is 0.848. The molecule has 4 rings (SSSR count). The molecular formula is C20H26N2O5. The Morgan fingerprint density at radius 3 is 2.89 bits per heavy atom. The number of hydrogen-bond acceptors (Lipinski definition) is 5. The van der Waals surface area contributed by atoms with Gasteiger partial charge in [0.05, 0.1) is 0 Å². The molecule has 3 heterocycles. The molecule has 0 spiro atoms. The number of likely N-dealkylation sites (tertiary alicyclic amines) is 2. The lowest BCUT2D eigenvalue weighted by atomic mass is 9.98. The number of rotatable bonds is 5. The second-order valence-corrected chi connectivity index (χ2v) is 7.46. The maximum Gasteiger partial charge on any atom is 0.245 e. The third-order valence-electron chi connectivity index (χ3n) is 5.78. The Kier molecular flexibility index (Phi) is 5.20. The molecule has 146 valence electrons. The van der Waals surface area contributed by atoms with Crippen molar-refractivity contribution in [3.63, 3.8) is 0 Å². The third kappa shape index (κ3) is 3.60. The summed E-state index contributed by atoms with van der Waals surface area (Å²) in [5.41, 5.74) is 0.929. The van der Waals surface area contributed by atoms with E-state index in [9.17, 15) is 14.7 Å². The summed E-state index contributed by atoms with van der Waals surface area (Å²) >= 11 is 0. The number of fused-ring (bicyclic) bond motifs is 1. The van der Waals surface area contributed by atoms with Gasteiger partial charge >= 0.3 is 0 Å². The molecule has 2 saturated heterocycles. The molecule has 0 aliphatic carbocycles. The van der Waals surface area contributed by atoms with Crippen molar-refractivity contribution in [1.29, 1.82) is 0 Å². The lowest BCUT2D eigenvalue weighted by Crippen LogP contribution is -2.52. The molecule has 0 bridgehead atoms. The lowest BCUT2D eigenvalue weighted by molar-refractivity contribution is -0.144. The van der Waals surface area contributed by atoms with Gasteiger partial charge < -0.3 is 24.4 Å². The van der Waals surface area contributed by atoms with Crippen LogP contribution in [-0.4, -0.2) is 58.7 Å². The number of aliphatic hydroxyl groups excluding tert-OH is 1. The fourth-order valence-electron chi connectivity index (χ4n) is 4.36. The number of ether oxygens (including phenoxy) is 2. The highest BCUT2D eigenvalue weighted by atomic mass is 16.7. The van der Waals surface area contributed by atoms with Crippen molar-refractivity contribution in [3.8, 4) is 11.5 Å². The zero-order chi connectivity index (χ0) is 18.8. The summed E-state index contributed by atoms with van der Waals surface area (Å²) in [6, 6.07) is 5.31. The first-order valence-corrected chi connectivity index (χ1v) is 9.76. The van der Waals surface area contributed by atoms with E-state index < -0.39 is 6.04 Å². The highest BCUT2D eigenvalue weighted by Gasteiger charge is 2.40. The fraction of sp³-hybridized carbons (Fsp3) is 0.600. The third-order valence-corrected chi connectivity index (χ3v) is 5.78. The largest absolute Gasteiger partial charge is 0.454 e.